The van der Waals surface area contributed by atoms with Crippen LogP contribution in [-0.4, -0.2) is 0 Å². The zero-order chi connectivity index (χ0) is 11.1. The Morgan fingerprint density at radius 1 is 1.12 bits per heavy atom. The zero-order valence-electron chi connectivity index (χ0n) is 8.20. The molecule has 3 rings (SSSR count). The number of furan rings is 1. The van der Waals surface area contributed by atoms with Crippen molar-refractivity contribution in [2.75, 3.05) is 0 Å². The van der Waals surface area contributed by atoms with Crippen LogP contribution < -0.4 is 5.43 Å². The number of hydrogen-bond acceptors (Lipinski definition) is 3. The molecule has 0 saturated carbocycles. The summed E-state index contributed by atoms with van der Waals surface area (Å²) >= 11 is 3.28. The van der Waals surface area contributed by atoms with E-state index in [0.717, 1.165) is 0 Å². The quantitative estimate of drug-likeness (QED) is 0.641. The number of para-hydroxylation sites is 1. The van der Waals surface area contributed by atoms with E-state index >= 15 is 0 Å². The Morgan fingerprint density at radius 3 is 2.75 bits per heavy atom. The van der Waals surface area contributed by atoms with Crippen LogP contribution in [0.2, 0.25) is 0 Å². The van der Waals surface area contributed by atoms with E-state index in [9.17, 15) is 4.79 Å². The molecule has 0 saturated heterocycles. The molecule has 0 spiro atoms. The fraction of sp³-hybridized carbons (Fsp3) is 0.0833. The molecule has 0 aliphatic rings. The topological polar surface area (TPSA) is 43.4 Å². The molecular formula is C12H7BrO3. The van der Waals surface area contributed by atoms with Crippen molar-refractivity contribution in [1.29, 1.82) is 0 Å². The van der Waals surface area contributed by atoms with Gasteiger partial charge in [0, 0.05) is 0 Å². The SMILES string of the molecule is O=c1c2ccccc2oc2oc(CBr)cc12. The average Bonchev–Trinajstić information content (AvgIpc) is 2.73. The Bertz CT molecular complexity index is 724. The summed E-state index contributed by atoms with van der Waals surface area (Å²) in [6, 6.07) is 8.86. The predicted molar refractivity (Wildman–Crippen MR) is 64.9 cm³/mol. The molecule has 3 aromatic rings. The minimum atomic E-state index is -0.0483. The van der Waals surface area contributed by atoms with E-state index in [4.69, 9.17) is 8.83 Å². The fourth-order valence-corrected chi connectivity index (χ4v) is 1.99. The normalized spacial score (nSPS) is 11.3. The summed E-state index contributed by atoms with van der Waals surface area (Å²) in [5.74, 6) is 0.976. The average molecular weight is 279 g/mol. The smallest absolute Gasteiger partial charge is 0.301 e. The van der Waals surface area contributed by atoms with E-state index in [-0.39, 0.29) is 11.2 Å². The molecule has 3 nitrogen and oxygen atoms in total. The molecule has 0 unspecified atom stereocenters. The number of benzene rings is 1. The fourth-order valence-electron chi connectivity index (χ4n) is 1.71. The van der Waals surface area contributed by atoms with Crippen molar-refractivity contribution in [2.24, 2.45) is 0 Å². The maximum Gasteiger partial charge on any atom is 0.301 e. The summed E-state index contributed by atoms with van der Waals surface area (Å²) in [5.41, 5.74) is 0.503. The van der Waals surface area contributed by atoms with Gasteiger partial charge in [0.1, 0.15) is 16.7 Å². The molecule has 0 N–H and O–H groups in total. The lowest BCUT2D eigenvalue weighted by Crippen LogP contribution is -1.99. The van der Waals surface area contributed by atoms with Gasteiger partial charge in [0.25, 0.3) is 0 Å². The highest BCUT2D eigenvalue weighted by Gasteiger charge is 2.11. The van der Waals surface area contributed by atoms with Crippen molar-refractivity contribution in [3.63, 3.8) is 0 Å². The molecule has 0 radical (unpaired) electrons. The summed E-state index contributed by atoms with van der Waals surface area (Å²) < 4.78 is 10.9. The van der Waals surface area contributed by atoms with Crippen molar-refractivity contribution in [3.8, 4) is 0 Å². The molecule has 0 atom stereocenters. The summed E-state index contributed by atoms with van der Waals surface area (Å²) in [6.45, 7) is 0. The van der Waals surface area contributed by atoms with Crippen molar-refractivity contribution < 1.29 is 8.83 Å². The van der Waals surface area contributed by atoms with Gasteiger partial charge in [0.05, 0.1) is 10.7 Å². The monoisotopic (exact) mass is 278 g/mol. The summed E-state index contributed by atoms with van der Waals surface area (Å²) in [7, 11) is 0. The van der Waals surface area contributed by atoms with E-state index in [0.29, 0.717) is 27.4 Å². The molecule has 0 fully saturated rings. The van der Waals surface area contributed by atoms with E-state index in [2.05, 4.69) is 15.9 Å². The van der Waals surface area contributed by atoms with Crippen LogP contribution in [0.5, 0.6) is 0 Å². The van der Waals surface area contributed by atoms with Gasteiger partial charge in [-0.1, -0.05) is 28.1 Å². The molecule has 0 amide bonds. The van der Waals surface area contributed by atoms with Crippen LogP contribution in [0, 0.1) is 0 Å². The van der Waals surface area contributed by atoms with Crippen molar-refractivity contribution in [2.45, 2.75) is 5.33 Å². The third-order valence-corrected chi connectivity index (χ3v) is 3.01. The van der Waals surface area contributed by atoms with E-state index in [1.165, 1.54) is 0 Å². The highest BCUT2D eigenvalue weighted by Crippen LogP contribution is 2.22. The second-order valence-electron chi connectivity index (χ2n) is 3.47. The first-order valence-corrected chi connectivity index (χ1v) is 5.92. The third-order valence-electron chi connectivity index (χ3n) is 2.46. The van der Waals surface area contributed by atoms with Crippen LogP contribution in [0.4, 0.5) is 0 Å². The van der Waals surface area contributed by atoms with Crippen LogP contribution in [0.15, 0.2) is 44.0 Å². The van der Waals surface area contributed by atoms with Gasteiger partial charge < -0.3 is 8.83 Å². The van der Waals surface area contributed by atoms with E-state index in [1.54, 1.807) is 18.2 Å². The Kier molecular flexibility index (Phi) is 2.11. The maximum atomic E-state index is 12.1. The molecule has 16 heavy (non-hydrogen) atoms. The Labute approximate surface area is 98.8 Å². The van der Waals surface area contributed by atoms with Crippen LogP contribution in [0.3, 0.4) is 0 Å². The van der Waals surface area contributed by atoms with Gasteiger partial charge in [-0.15, -0.1) is 0 Å². The maximum absolute atomic E-state index is 12.1. The minimum Gasteiger partial charge on any atom is -0.429 e. The molecule has 0 bridgehead atoms. The Morgan fingerprint density at radius 2 is 1.94 bits per heavy atom. The minimum absolute atomic E-state index is 0.0483. The molecule has 0 aliphatic heterocycles. The van der Waals surface area contributed by atoms with Crippen molar-refractivity contribution >= 4 is 38.1 Å². The Hall–Kier alpha value is -1.55. The number of hydrogen-bond donors (Lipinski definition) is 0. The molecule has 1 aromatic carbocycles. The number of alkyl halides is 1. The van der Waals surface area contributed by atoms with Crippen molar-refractivity contribution in [3.05, 3.63) is 46.3 Å². The van der Waals surface area contributed by atoms with Crippen LogP contribution in [-0.2, 0) is 5.33 Å². The van der Waals surface area contributed by atoms with E-state index < -0.39 is 0 Å². The van der Waals surface area contributed by atoms with Crippen LogP contribution in [0.1, 0.15) is 5.76 Å². The second kappa shape index (κ2) is 3.49. The summed E-state index contributed by atoms with van der Waals surface area (Å²) in [4.78, 5) is 12.1. The van der Waals surface area contributed by atoms with Gasteiger partial charge in [0.2, 0.25) is 5.43 Å². The van der Waals surface area contributed by atoms with Gasteiger partial charge in [0.15, 0.2) is 0 Å². The van der Waals surface area contributed by atoms with Gasteiger partial charge in [-0.05, 0) is 18.2 Å². The zero-order valence-corrected chi connectivity index (χ0v) is 9.78. The Balaban J connectivity index is 2.53. The molecule has 4 heteroatoms. The number of rotatable bonds is 1. The highest BCUT2D eigenvalue weighted by molar-refractivity contribution is 9.08. The molecule has 2 aromatic heterocycles. The molecule has 80 valence electrons. The van der Waals surface area contributed by atoms with Crippen LogP contribution >= 0.6 is 15.9 Å². The largest absolute Gasteiger partial charge is 0.429 e. The highest BCUT2D eigenvalue weighted by atomic mass is 79.9. The lowest BCUT2D eigenvalue weighted by atomic mass is 10.2. The molecule has 0 aliphatic carbocycles. The van der Waals surface area contributed by atoms with Crippen molar-refractivity contribution in [1.82, 2.24) is 0 Å². The lowest BCUT2D eigenvalue weighted by Gasteiger charge is -1.94. The molecule has 2 heterocycles. The standard InChI is InChI=1S/C12H7BrO3/c13-6-7-5-9-11(14)8-3-1-2-4-10(8)16-12(9)15-7/h1-5H,6H2. The lowest BCUT2D eigenvalue weighted by molar-refractivity contribution is 0.475. The number of fused-ring (bicyclic) bond motifs is 2. The molecular weight excluding hydrogens is 272 g/mol. The second-order valence-corrected chi connectivity index (χ2v) is 4.04. The first-order chi connectivity index (χ1) is 7.79. The van der Waals surface area contributed by atoms with Crippen LogP contribution in [0.25, 0.3) is 22.1 Å². The third kappa shape index (κ3) is 1.30. The van der Waals surface area contributed by atoms with Gasteiger partial charge >= 0.3 is 5.78 Å². The van der Waals surface area contributed by atoms with Gasteiger partial charge in [-0.3, -0.25) is 4.79 Å². The predicted octanol–water partition coefficient (Wildman–Crippen LogP) is 3.43. The van der Waals surface area contributed by atoms with E-state index in [1.807, 2.05) is 12.1 Å². The first-order valence-electron chi connectivity index (χ1n) is 4.80. The summed E-state index contributed by atoms with van der Waals surface area (Å²) in [6.07, 6.45) is 0. The van der Waals surface area contributed by atoms with Gasteiger partial charge in [-0.25, -0.2) is 0 Å². The van der Waals surface area contributed by atoms with Gasteiger partial charge in [-0.2, -0.15) is 0 Å². The summed E-state index contributed by atoms with van der Waals surface area (Å²) in [5, 5.41) is 1.64. The first kappa shape index (κ1) is 9.66. The number of halogens is 1.